The first-order chi connectivity index (χ1) is 14.3. The van der Waals surface area contributed by atoms with Crippen molar-refractivity contribution in [3.05, 3.63) is 86.2 Å². The minimum absolute atomic E-state index is 0.0613. The van der Waals surface area contributed by atoms with E-state index in [4.69, 9.17) is 16.3 Å². The van der Waals surface area contributed by atoms with Gasteiger partial charge in [0.15, 0.2) is 0 Å². The fourth-order valence-corrected chi connectivity index (χ4v) is 3.34. The maximum Gasteiger partial charge on any atom is 0.282 e. The van der Waals surface area contributed by atoms with E-state index < -0.39 is 10.8 Å². The van der Waals surface area contributed by atoms with E-state index in [0.717, 1.165) is 22.6 Å². The molecule has 0 unspecified atom stereocenters. The molecule has 0 atom stereocenters. The third-order valence-corrected chi connectivity index (χ3v) is 4.80. The standard InChI is InChI=1S/C21H19ClN4O4/c1-13-10-15(14(2)25(13)19-11-16(22)8-9-20(19)30-3)12-23-24-21(27)17-6-4-5-7-18(17)26(28)29/h4-12H,1-3H3,(H,24,27)/b23-12-. The van der Waals surface area contributed by atoms with E-state index in [1.165, 1.54) is 24.4 Å². The van der Waals surface area contributed by atoms with Crippen LogP contribution in [0.25, 0.3) is 5.69 Å². The highest BCUT2D eigenvalue weighted by atomic mass is 35.5. The number of halogens is 1. The van der Waals surface area contributed by atoms with Gasteiger partial charge in [0.2, 0.25) is 0 Å². The number of benzene rings is 2. The van der Waals surface area contributed by atoms with E-state index in [2.05, 4.69) is 10.5 Å². The Kier molecular flexibility index (Phi) is 6.17. The molecule has 30 heavy (non-hydrogen) atoms. The molecule has 1 heterocycles. The van der Waals surface area contributed by atoms with E-state index in [1.807, 2.05) is 24.5 Å². The number of hydrogen-bond donors (Lipinski definition) is 1. The summed E-state index contributed by atoms with van der Waals surface area (Å²) in [7, 11) is 1.58. The maximum absolute atomic E-state index is 12.3. The van der Waals surface area contributed by atoms with Crippen LogP contribution in [0.2, 0.25) is 5.02 Å². The minimum atomic E-state index is -0.663. The van der Waals surface area contributed by atoms with Gasteiger partial charge < -0.3 is 9.30 Å². The Bertz CT molecular complexity index is 1150. The first kappa shape index (κ1) is 21.1. The number of methoxy groups -OCH3 is 1. The summed E-state index contributed by atoms with van der Waals surface area (Å²) in [4.78, 5) is 22.8. The van der Waals surface area contributed by atoms with Gasteiger partial charge in [-0.2, -0.15) is 5.10 Å². The van der Waals surface area contributed by atoms with E-state index in [1.54, 1.807) is 31.4 Å². The van der Waals surface area contributed by atoms with E-state index in [0.29, 0.717) is 10.8 Å². The van der Waals surface area contributed by atoms with Crippen molar-refractivity contribution in [2.45, 2.75) is 13.8 Å². The van der Waals surface area contributed by atoms with Crippen molar-refractivity contribution in [1.29, 1.82) is 0 Å². The number of para-hydroxylation sites is 1. The van der Waals surface area contributed by atoms with Gasteiger partial charge in [0.1, 0.15) is 11.3 Å². The molecule has 1 amide bonds. The first-order valence-electron chi connectivity index (χ1n) is 8.93. The molecule has 0 aliphatic heterocycles. The zero-order valence-corrected chi connectivity index (χ0v) is 17.3. The Morgan fingerprint density at radius 2 is 1.97 bits per heavy atom. The SMILES string of the molecule is COc1ccc(Cl)cc1-n1c(C)cc(/C=N\NC(=O)c2ccccc2[N+](=O)[O-])c1C. The van der Waals surface area contributed by atoms with Crippen LogP contribution < -0.4 is 10.2 Å². The topological polar surface area (TPSA) is 98.8 Å². The van der Waals surface area contributed by atoms with Gasteiger partial charge in [0, 0.05) is 28.0 Å². The van der Waals surface area contributed by atoms with E-state index >= 15 is 0 Å². The van der Waals surface area contributed by atoms with Crippen molar-refractivity contribution < 1.29 is 14.5 Å². The van der Waals surface area contributed by atoms with Crippen LogP contribution in [0.1, 0.15) is 27.3 Å². The molecule has 1 N–H and O–H groups in total. The normalized spacial score (nSPS) is 10.9. The van der Waals surface area contributed by atoms with Gasteiger partial charge in [-0.15, -0.1) is 0 Å². The van der Waals surface area contributed by atoms with Crippen LogP contribution in [-0.4, -0.2) is 28.7 Å². The Hall–Kier alpha value is -3.65. The van der Waals surface area contributed by atoms with Crippen LogP contribution in [0.3, 0.4) is 0 Å². The number of carbonyl (C=O) groups excluding carboxylic acids is 1. The molecular weight excluding hydrogens is 408 g/mol. The molecule has 0 bridgehead atoms. The van der Waals surface area contributed by atoms with Crippen LogP contribution in [0.5, 0.6) is 5.75 Å². The summed E-state index contributed by atoms with van der Waals surface area (Å²) < 4.78 is 7.41. The van der Waals surface area contributed by atoms with Gasteiger partial charge in [0.05, 0.1) is 23.9 Å². The molecule has 1 aromatic heterocycles. The van der Waals surface area contributed by atoms with Crippen molar-refractivity contribution in [3.63, 3.8) is 0 Å². The molecule has 0 radical (unpaired) electrons. The highest BCUT2D eigenvalue weighted by molar-refractivity contribution is 6.30. The highest BCUT2D eigenvalue weighted by Gasteiger charge is 2.19. The summed E-state index contributed by atoms with van der Waals surface area (Å²) in [6, 6.07) is 12.9. The number of aromatic nitrogens is 1. The summed E-state index contributed by atoms with van der Waals surface area (Å²) in [6.07, 6.45) is 1.49. The predicted octanol–water partition coefficient (Wildman–Crippen LogP) is 4.43. The molecular formula is C21H19ClN4O4. The number of rotatable bonds is 6. The summed E-state index contributed by atoms with van der Waals surface area (Å²) in [5, 5.41) is 15.6. The van der Waals surface area contributed by atoms with Crippen molar-refractivity contribution in [2.75, 3.05) is 7.11 Å². The molecule has 0 spiro atoms. The van der Waals surface area contributed by atoms with Crippen molar-refractivity contribution in [2.24, 2.45) is 5.10 Å². The highest BCUT2D eigenvalue weighted by Crippen LogP contribution is 2.30. The molecule has 3 rings (SSSR count). The second-order valence-corrected chi connectivity index (χ2v) is 6.89. The molecule has 0 fully saturated rings. The Morgan fingerprint density at radius 3 is 2.67 bits per heavy atom. The molecule has 9 heteroatoms. The summed E-state index contributed by atoms with van der Waals surface area (Å²) in [5.41, 5.74) is 5.32. The zero-order chi connectivity index (χ0) is 21.8. The number of hydrazone groups is 1. The lowest BCUT2D eigenvalue weighted by Gasteiger charge is -2.14. The summed E-state index contributed by atoms with van der Waals surface area (Å²) in [6.45, 7) is 3.83. The van der Waals surface area contributed by atoms with Crippen LogP contribution >= 0.6 is 11.6 Å². The Morgan fingerprint density at radius 1 is 1.23 bits per heavy atom. The minimum Gasteiger partial charge on any atom is -0.495 e. The first-order valence-corrected chi connectivity index (χ1v) is 9.31. The van der Waals surface area contributed by atoms with Gasteiger partial charge in [-0.25, -0.2) is 5.43 Å². The number of carbonyl (C=O) groups is 1. The second-order valence-electron chi connectivity index (χ2n) is 6.45. The number of nitro groups is 1. The predicted molar refractivity (Wildman–Crippen MR) is 115 cm³/mol. The second kappa shape index (κ2) is 8.79. The molecule has 0 aliphatic carbocycles. The number of aryl methyl sites for hydroxylation is 1. The maximum atomic E-state index is 12.3. The third-order valence-electron chi connectivity index (χ3n) is 4.57. The van der Waals surface area contributed by atoms with Crippen LogP contribution in [0.15, 0.2) is 53.6 Å². The molecule has 154 valence electrons. The number of amides is 1. The largest absolute Gasteiger partial charge is 0.495 e. The molecule has 3 aromatic rings. The Labute approximate surface area is 177 Å². The number of ether oxygens (including phenoxy) is 1. The number of nitrogens with zero attached hydrogens (tertiary/aromatic N) is 3. The molecule has 8 nitrogen and oxygen atoms in total. The van der Waals surface area contributed by atoms with Gasteiger partial charge >= 0.3 is 0 Å². The summed E-state index contributed by atoms with van der Waals surface area (Å²) in [5.74, 6) is -0.00162. The smallest absolute Gasteiger partial charge is 0.282 e. The number of hydrogen-bond acceptors (Lipinski definition) is 5. The zero-order valence-electron chi connectivity index (χ0n) is 16.5. The molecule has 2 aromatic carbocycles. The fraction of sp³-hybridized carbons (Fsp3) is 0.143. The van der Waals surface area contributed by atoms with E-state index in [-0.39, 0.29) is 11.3 Å². The quantitative estimate of drug-likeness (QED) is 0.358. The number of nitro benzene ring substituents is 1. The van der Waals surface area contributed by atoms with Gasteiger partial charge in [-0.05, 0) is 44.2 Å². The average molecular weight is 427 g/mol. The Balaban J connectivity index is 1.87. The van der Waals surface area contributed by atoms with Gasteiger partial charge in [0.25, 0.3) is 11.6 Å². The lowest BCUT2D eigenvalue weighted by molar-refractivity contribution is -0.385. The lowest BCUT2D eigenvalue weighted by Crippen LogP contribution is -2.19. The van der Waals surface area contributed by atoms with Gasteiger partial charge in [-0.3, -0.25) is 14.9 Å². The van der Waals surface area contributed by atoms with Crippen molar-refractivity contribution in [3.8, 4) is 11.4 Å². The molecule has 0 aliphatic rings. The fourth-order valence-electron chi connectivity index (χ4n) is 3.17. The van der Waals surface area contributed by atoms with Gasteiger partial charge in [-0.1, -0.05) is 23.7 Å². The monoisotopic (exact) mass is 426 g/mol. The van der Waals surface area contributed by atoms with Crippen molar-refractivity contribution in [1.82, 2.24) is 9.99 Å². The van der Waals surface area contributed by atoms with Crippen LogP contribution in [0, 0.1) is 24.0 Å². The third kappa shape index (κ3) is 4.18. The lowest BCUT2D eigenvalue weighted by atomic mass is 10.2. The van der Waals surface area contributed by atoms with Crippen LogP contribution in [-0.2, 0) is 0 Å². The molecule has 0 saturated carbocycles. The molecule has 0 saturated heterocycles. The van der Waals surface area contributed by atoms with Crippen molar-refractivity contribution >= 4 is 29.4 Å². The number of nitrogens with one attached hydrogen (secondary N) is 1. The summed E-state index contributed by atoms with van der Waals surface area (Å²) >= 11 is 6.16. The van der Waals surface area contributed by atoms with Crippen LogP contribution in [0.4, 0.5) is 5.69 Å². The average Bonchev–Trinajstić information content (AvgIpc) is 3.00. The van der Waals surface area contributed by atoms with E-state index in [9.17, 15) is 14.9 Å².